The average molecular weight is 396 g/mol. The highest BCUT2D eigenvalue weighted by Gasteiger charge is 2.34. The molecule has 0 saturated carbocycles. The van der Waals surface area contributed by atoms with Gasteiger partial charge in [-0.3, -0.25) is 14.5 Å². The fraction of sp³-hybridized carbons (Fsp3) is 0.435. The number of carbonyl (C=O) groups is 2. The monoisotopic (exact) mass is 396 g/mol. The third-order valence-corrected chi connectivity index (χ3v) is 4.78. The quantitative estimate of drug-likeness (QED) is 0.354. The van der Waals surface area contributed by atoms with Crippen LogP contribution in [-0.2, 0) is 9.59 Å². The lowest BCUT2D eigenvalue weighted by Gasteiger charge is -2.27. The highest BCUT2D eigenvalue weighted by Crippen LogP contribution is 2.32. The van der Waals surface area contributed by atoms with Crippen LogP contribution in [0.5, 0.6) is 11.5 Å². The zero-order valence-corrected chi connectivity index (χ0v) is 17.6. The molecule has 1 aromatic carbocycles. The lowest BCUT2D eigenvalue weighted by atomic mass is 9.93. The van der Waals surface area contributed by atoms with Crippen LogP contribution in [-0.4, -0.2) is 37.0 Å². The summed E-state index contributed by atoms with van der Waals surface area (Å²) in [6.07, 6.45) is 5.51. The van der Waals surface area contributed by atoms with Gasteiger partial charge in [0.05, 0.1) is 13.7 Å². The van der Waals surface area contributed by atoms with Crippen LogP contribution in [0.4, 0.5) is 0 Å². The molecule has 1 aliphatic heterocycles. The number of rotatable bonds is 9. The highest BCUT2D eigenvalue weighted by molar-refractivity contribution is 6.19. The van der Waals surface area contributed by atoms with Crippen molar-refractivity contribution in [2.75, 3.05) is 20.3 Å². The van der Waals surface area contributed by atoms with E-state index in [-0.39, 0.29) is 18.0 Å². The van der Waals surface area contributed by atoms with Gasteiger partial charge in [0.1, 0.15) is 11.6 Å². The summed E-state index contributed by atoms with van der Waals surface area (Å²) in [6, 6.07) is 7.37. The maximum Gasteiger partial charge on any atom is 0.271 e. The van der Waals surface area contributed by atoms with Crippen molar-refractivity contribution < 1.29 is 19.1 Å². The molecule has 0 spiro atoms. The first-order valence-electron chi connectivity index (χ1n) is 9.98. The van der Waals surface area contributed by atoms with E-state index in [4.69, 9.17) is 9.47 Å². The molecule has 0 radical (unpaired) electrons. The number of hydrogen-bond acceptors (Lipinski definition) is 5. The Kier molecular flexibility index (Phi) is 8.02. The second-order valence-corrected chi connectivity index (χ2v) is 6.90. The Morgan fingerprint density at radius 1 is 1.10 bits per heavy atom. The van der Waals surface area contributed by atoms with Crippen molar-refractivity contribution in [3.05, 3.63) is 40.5 Å². The van der Waals surface area contributed by atoms with E-state index in [1.54, 1.807) is 26.2 Å². The second-order valence-electron chi connectivity index (χ2n) is 6.90. The Morgan fingerprint density at radius 2 is 1.86 bits per heavy atom. The molecule has 29 heavy (non-hydrogen) atoms. The smallest absolute Gasteiger partial charge is 0.271 e. The number of unbranched alkanes of at least 4 members (excludes halogenated alkanes) is 2. The van der Waals surface area contributed by atoms with Gasteiger partial charge in [-0.15, -0.1) is 0 Å². The van der Waals surface area contributed by atoms with Crippen molar-refractivity contribution in [3.63, 3.8) is 0 Å². The molecular formula is C23H28N2O4. The molecule has 2 amide bonds. The molecule has 154 valence electrons. The molecule has 0 saturated heterocycles. The summed E-state index contributed by atoms with van der Waals surface area (Å²) in [5, 5.41) is 9.40. The average Bonchev–Trinajstić information content (AvgIpc) is 2.72. The number of ether oxygens (including phenoxy) is 2. The van der Waals surface area contributed by atoms with Crippen LogP contribution in [0.3, 0.4) is 0 Å². The van der Waals surface area contributed by atoms with Crippen molar-refractivity contribution in [1.82, 2.24) is 4.90 Å². The highest BCUT2D eigenvalue weighted by atomic mass is 16.5. The Bertz CT molecular complexity index is 877. The number of benzene rings is 1. The Balaban J connectivity index is 2.38. The normalized spacial score (nSPS) is 15.7. The maximum absolute atomic E-state index is 12.9. The predicted molar refractivity (Wildman–Crippen MR) is 111 cm³/mol. The number of carbonyl (C=O) groups excluding carboxylic acids is 2. The Labute approximate surface area is 172 Å². The van der Waals surface area contributed by atoms with E-state index in [0.29, 0.717) is 35.7 Å². The van der Waals surface area contributed by atoms with Crippen LogP contribution in [0, 0.1) is 11.3 Å². The van der Waals surface area contributed by atoms with Crippen molar-refractivity contribution in [2.45, 2.75) is 46.5 Å². The fourth-order valence-electron chi connectivity index (χ4n) is 3.15. The minimum absolute atomic E-state index is 0.00661. The van der Waals surface area contributed by atoms with Gasteiger partial charge in [0.2, 0.25) is 0 Å². The van der Waals surface area contributed by atoms with E-state index < -0.39 is 5.91 Å². The molecule has 1 heterocycles. The van der Waals surface area contributed by atoms with E-state index >= 15 is 0 Å². The van der Waals surface area contributed by atoms with Crippen molar-refractivity contribution in [1.29, 1.82) is 5.26 Å². The van der Waals surface area contributed by atoms with E-state index in [1.807, 2.05) is 25.1 Å². The lowest BCUT2D eigenvalue weighted by Crippen LogP contribution is -2.43. The largest absolute Gasteiger partial charge is 0.493 e. The van der Waals surface area contributed by atoms with Gasteiger partial charge in [0.25, 0.3) is 11.8 Å². The summed E-state index contributed by atoms with van der Waals surface area (Å²) in [7, 11) is 1.57. The Hall–Kier alpha value is -3.07. The molecule has 0 aromatic heterocycles. The minimum atomic E-state index is -0.526. The first kappa shape index (κ1) is 22.2. The van der Waals surface area contributed by atoms with E-state index in [2.05, 4.69) is 6.92 Å². The van der Waals surface area contributed by atoms with Gasteiger partial charge in [0.15, 0.2) is 11.5 Å². The maximum atomic E-state index is 12.9. The van der Waals surface area contributed by atoms with Crippen molar-refractivity contribution >= 4 is 17.9 Å². The number of hydrogen-bond donors (Lipinski definition) is 0. The molecular weight excluding hydrogens is 368 g/mol. The molecule has 0 N–H and O–H groups in total. The number of imide groups is 1. The molecule has 1 aliphatic rings. The van der Waals surface area contributed by atoms with Crippen LogP contribution in [0.2, 0.25) is 0 Å². The third-order valence-electron chi connectivity index (χ3n) is 4.78. The van der Waals surface area contributed by atoms with E-state index in [9.17, 15) is 14.9 Å². The molecule has 1 aromatic rings. The molecule has 0 unspecified atom stereocenters. The SMILES string of the molecule is CCCCCOc1ccc(/C=C2/C(=O)N(CCC)C(=O)C(C#N)=C2C)cc1OC. The van der Waals surface area contributed by atoms with E-state index in [1.165, 1.54) is 0 Å². The topological polar surface area (TPSA) is 79.6 Å². The molecule has 6 heteroatoms. The third kappa shape index (κ3) is 5.05. The number of methoxy groups -OCH3 is 1. The first-order chi connectivity index (χ1) is 14.0. The summed E-state index contributed by atoms with van der Waals surface area (Å²) in [5.41, 5.74) is 1.47. The predicted octanol–water partition coefficient (Wildman–Crippen LogP) is 4.27. The van der Waals surface area contributed by atoms with Crippen molar-refractivity contribution in [3.8, 4) is 17.6 Å². The molecule has 6 nitrogen and oxygen atoms in total. The number of nitrogens with zero attached hydrogens (tertiary/aromatic N) is 2. The molecule has 0 fully saturated rings. The summed E-state index contributed by atoms with van der Waals surface area (Å²) in [5.74, 6) is 0.311. The zero-order chi connectivity index (χ0) is 21.4. The molecule has 0 aliphatic carbocycles. The van der Waals surface area contributed by atoms with Gasteiger partial charge in [-0.2, -0.15) is 5.26 Å². The number of amides is 2. The van der Waals surface area contributed by atoms with Crippen LogP contribution in [0.25, 0.3) is 6.08 Å². The molecule has 0 atom stereocenters. The second kappa shape index (κ2) is 10.5. The summed E-state index contributed by atoms with van der Waals surface area (Å²) < 4.78 is 11.2. The van der Waals surface area contributed by atoms with Crippen molar-refractivity contribution in [2.24, 2.45) is 0 Å². The van der Waals surface area contributed by atoms with Crippen LogP contribution in [0.1, 0.15) is 52.0 Å². The standard InChI is InChI=1S/C23H28N2O4/c1-5-7-8-12-29-20-10-9-17(14-21(20)28-4)13-18-16(3)19(15-24)23(27)25(11-6-2)22(18)26/h9-10,13-14H,5-8,11-12H2,1-4H3/b18-13+. The van der Waals surface area contributed by atoms with Gasteiger partial charge in [-0.1, -0.05) is 32.8 Å². The Morgan fingerprint density at radius 3 is 2.48 bits per heavy atom. The zero-order valence-electron chi connectivity index (χ0n) is 17.6. The van der Waals surface area contributed by atoms with Gasteiger partial charge < -0.3 is 9.47 Å². The van der Waals surface area contributed by atoms with Gasteiger partial charge in [0, 0.05) is 12.1 Å². The lowest BCUT2D eigenvalue weighted by molar-refractivity contribution is -0.140. The van der Waals surface area contributed by atoms with Gasteiger partial charge in [-0.25, -0.2) is 0 Å². The number of nitriles is 1. The van der Waals surface area contributed by atoms with E-state index in [0.717, 1.165) is 29.7 Å². The fourth-order valence-corrected chi connectivity index (χ4v) is 3.15. The summed E-state index contributed by atoms with van der Waals surface area (Å²) in [4.78, 5) is 26.4. The van der Waals surface area contributed by atoms with Crippen LogP contribution < -0.4 is 9.47 Å². The summed E-state index contributed by atoms with van der Waals surface area (Å²) >= 11 is 0. The molecule has 0 bridgehead atoms. The molecule has 2 rings (SSSR count). The minimum Gasteiger partial charge on any atom is -0.493 e. The first-order valence-corrected chi connectivity index (χ1v) is 9.98. The van der Waals surface area contributed by atoms with Gasteiger partial charge in [-0.05, 0) is 49.1 Å². The van der Waals surface area contributed by atoms with Crippen LogP contribution in [0.15, 0.2) is 34.9 Å². The van der Waals surface area contributed by atoms with Gasteiger partial charge >= 0.3 is 0 Å². The summed E-state index contributed by atoms with van der Waals surface area (Å²) in [6.45, 7) is 6.54. The van der Waals surface area contributed by atoms with Crippen LogP contribution >= 0.6 is 0 Å².